The predicted molar refractivity (Wildman–Crippen MR) is 59.8 cm³/mol. The molecule has 0 saturated carbocycles. The van der Waals surface area contributed by atoms with E-state index in [0.717, 1.165) is 17.5 Å². The predicted octanol–water partition coefficient (Wildman–Crippen LogP) is 3.17. The van der Waals surface area contributed by atoms with Crippen LogP contribution in [0.1, 0.15) is 24.5 Å². The molecule has 0 spiro atoms. The van der Waals surface area contributed by atoms with E-state index >= 15 is 0 Å². The van der Waals surface area contributed by atoms with Gasteiger partial charge in [-0.05, 0) is 49.9 Å². The molecule has 0 aliphatic heterocycles. The molecule has 0 bridgehead atoms. The fourth-order valence-corrected chi connectivity index (χ4v) is 1.56. The first-order chi connectivity index (χ1) is 7.76. The van der Waals surface area contributed by atoms with Gasteiger partial charge in [-0.25, -0.2) is 0 Å². The van der Waals surface area contributed by atoms with Crippen molar-refractivity contribution in [3.63, 3.8) is 0 Å². The molecule has 1 rings (SSSR count). The quantitative estimate of drug-likeness (QED) is 0.886. The minimum atomic E-state index is -4.65. The van der Waals surface area contributed by atoms with Crippen LogP contribution in [0, 0.1) is 6.92 Å². The number of ether oxygens (including phenoxy) is 1. The van der Waals surface area contributed by atoms with Crippen molar-refractivity contribution in [3.05, 3.63) is 29.3 Å². The van der Waals surface area contributed by atoms with Crippen molar-refractivity contribution in [3.8, 4) is 5.75 Å². The molecule has 1 aromatic carbocycles. The monoisotopic (exact) mass is 247 g/mol. The van der Waals surface area contributed by atoms with Gasteiger partial charge in [0.05, 0.1) is 0 Å². The van der Waals surface area contributed by atoms with E-state index in [-0.39, 0.29) is 11.8 Å². The summed E-state index contributed by atoms with van der Waals surface area (Å²) in [5.41, 5.74) is 7.16. The summed E-state index contributed by atoms with van der Waals surface area (Å²) in [6.07, 6.45) is -3.27. The van der Waals surface area contributed by atoms with Crippen LogP contribution in [-0.4, -0.2) is 12.4 Å². The van der Waals surface area contributed by atoms with E-state index in [2.05, 4.69) is 4.74 Å². The lowest BCUT2D eigenvalue weighted by atomic mass is 10.0. The third-order valence-electron chi connectivity index (χ3n) is 2.23. The second-order valence-electron chi connectivity index (χ2n) is 4.22. The van der Waals surface area contributed by atoms with Crippen molar-refractivity contribution in [2.45, 2.75) is 39.1 Å². The zero-order chi connectivity index (χ0) is 13.1. The second-order valence-corrected chi connectivity index (χ2v) is 4.22. The van der Waals surface area contributed by atoms with Gasteiger partial charge in [0.25, 0.3) is 0 Å². The molecule has 0 fully saturated rings. The number of benzene rings is 1. The second kappa shape index (κ2) is 5.40. The zero-order valence-corrected chi connectivity index (χ0v) is 9.84. The summed E-state index contributed by atoms with van der Waals surface area (Å²) in [5.74, 6) is -0.169. The molecule has 0 aliphatic rings. The van der Waals surface area contributed by atoms with Gasteiger partial charge in [-0.15, -0.1) is 13.2 Å². The SMILES string of the molecule is Cc1cc(CC[C@H](C)N)cc(OC(F)(F)F)c1. The zero-order valence-electron chi connectivity index (χ0n) is 9.84. The number of aryl methyl sites for hydroxylation is 2. The van der Waals surface area contributed by atoms with Crippen molar-refractivity contribution in [2.75, 3.05) is 0 Å². The van der Waals surface area contributed by atoms with E-state index in [1.54, 1.807) is 6.92 Å². The highest BCUT2D eigenvalue weighted by Crippen LogP contribution is 2.25. The third kappa shape index (κ3) is 5.58. The summed E-state index contributed by atoms with van der Waals surface area (Å²) in [6, 6.07) is 4.64. The Bertz CT molecular complexity index is 375. The molecule has 17 heavy (non-hydrogen) atoms. The van der Waals surface area contributed by atoms with E-state index in [1.807, 2.05) is 13.0 Å². The summed E-state index contributed by atoms with van der Waals surface area (Å²) >= 11 is 0. The van der Waals surface area contributed by atoms with Gasteiger partial charge in [-0.1, -0.05) is 6.07 Å². The van der Waals surface area contributed by atoms with Crippen LogP contribution in [0.5, 0.6) is 5.75 Å². The molecule has 0 unspecified atom stereocenters. The van der Waals surface area contributed by atoms with Gasteiger partial charge in [0.2, 0.25) is 0 Å². The largest absolute Gasteiger partial charge is 0.573 e. The first-order valence-electron chi connectivity index (χ1n) is 5.38. The van der Waals surface area contributed by atoms with Crippen LogP contribution in [0.2, 0.25) is 0 Å². The molecule has 0 aliphatic carbocycles. The highest BCUT2D eigenvalue weighted by atomic mass is 19.4. The average molecular weight is 247 g/mol. The summed E-state index contributed by atoms with van der Waals surface area (Å²) in [5, 5.41) is 0. The first-order valence-corrected chi connectivity index (χ1v) is 5.38. The third-order valence-corrected chi connectivity index (χ3v) is 2.23. The Hall–Kier alpha value is -1.23. The number of hydrogen-bond donors (Lipinski definition) is 1. The lowest BCUT2D eigenvalue weighted by molar-refractivity contribution is -0.274. The summed E-state index contributed by atoms with van der Waals surface area (Å²) in [6.45, 7) is 3.60. The highest BCUT2D eigenvalue weighted by molar-refractivity contribution is 5.34. The number of halogens is 3. The standard InChI is InChI=1S/C12H16F3NO/c1-8-5-10(4-3-9(2)16)7-11(6-8)17-12(13,14)15/h5-7,9H,3-4,16H2,1-2H3/t9-/m0/s1. The molecule has 1 atom stereocenters. The molecular weight excluding hydrogens is 231 g/mol. The maximum Gasteiger partial charge on any atom is 0.573 e. The van der Waals surface area contributed by atoms with Gasteiger partial charge < -0.3 is 10.5 Å². The molecule has 2 N–H and O–H groups in total. The van der Waals surface area contributed by atoms with Crippen molar-refractivity contribution in [1.82, 2.24) is 0 Å². The molecule has 2 nitrogen and oxygen atoms in total. The van der Waals surface area contributed by atoms with Crippen molar-refractivity contribution in [1.29, 1.82) is 0 Å². The van der Waals surface area contributed by atoms with Crippen LogP contribution >= 0.6 is 0 Å². The maximum atomic E-state index is 12.1. The smallest absolute Gasteiger partial charge is 0.406 e. The Kier molecular flexibility index (Phi) is 4.40. The van der Waals surface area contributed by atoms with E-state index in [1.165, 1.54) is 12.1 Å². The normalized spacial score (nSPS) is 13.5. The Morgan fingerprint density at radius 1 is 1.29 bits per heavy atom. The fourth-order valence-electron chi connectivity index (χ4n) is 1.56. The summed E-state index contributed by atoms with van der Waals surface area (Å²) < 4.78 is 40.1. The van der Waals surface area contributed by atoms with E-state index < -0.39 is 6.36 Å². The lowest BCUT2D eigenvalue weighted by Crippen LogP contribution is -2.17. The van der Waals surface area contributed by atoms with Gasteiger partial charge >= 0.3 is 6.36 Å². The number of rotatable bonds is 4. The Morgan fingerprint density at radius 3 is 2.47 bits per heavy atom. The minimum absolute atomic E-state index is 0.0301. The van der Waals surface area contributed by atoms with Gasteiger partial charge in [-0.3, -0.25) is 0 Å². The first kappa shape index (κ1) is 13.8. The molecular formula is C12H16F3NO. The van der Waals surface area contributed by atoms with E-state index in [9.17, 15) is 13.2 Å². The van der Waals surface area contributed by atoms with Gasteiger partial charge in [0, 0.05) is 6.04 Å². The molecule has 96 valence electrons. The lowest BCUT2D eigenvalue weighted by Gasteiger charge is -2.12. The summed E-state index contributed by atoms with van der Waals surface area (Å²) in [4.78, 5) is 0. The van der Waals surface area contributed by atoms with Crippen molar-refractivity contribution in [2.24, 2.45) is 5.73 Å². The number of alkyl halides is 3. The minimum Gasteiger partial charge on any atom is -0.406 e. The number of nitrogens with two attached hydrogens (primary N) is 1. The van der Waals surface area contributed by atoms with E-state index in [0.29, 0.717) is 6.42 Å². The summed E-state index contributed by atoms with van der Waals surface area (Å²) in [7, 11) is 0. The Morgan fingerprint density at radius 2 is 1.94 bits per heavy atom. The van der Waals surface area contributed by atoms with Gasteiger partial charge in [0.1, 0.15) is 5.75 Å². The highest BCUT2D eigenvalue weighted by Gasteiger charge is 2.31. The van der Waals surface area contributed by atoms with Crippen LogP contribution in [-0.2, 0) is 6.42 Å². The van der Waals surface area contributed by atoms with Gasteiger partial charge in [0.15, 0.2) is 0 Å². The average Bonchev–Trinajstić information content (AvgIpc) is 2.10. The Balaban J connectivity index is 2.79. The molecule has 5 heteroatoms. The van der Waals surface area contributed by atoms with Crippen molar-refractivity contribution >= 4 is 0 Å². The number of hydrogen-bond acceptors (Lipinski definition) is 2. The molecule has 1 aromatic rings. The fraction of sp³-hybridized carbons (Fsp3) is 0.500. The van der Waals surface area contributed by atoms with Crippen LogP contribution in [0.3, 0.4) is 0 Å². The molecule has 0 heterocycles. The molecule has 0 saturated heterocycles. The maximum absolute atomic E-state index is 12.1. The van der Waals surface area contributed by atoms with Crippen LogP contribution in [0.15, 0.2) is 18.2 Å². The molecule has 0 amide bonds. The van der Waals surface area contributed by atoms with Crippen LogP contribution in [0.4, 0.5) is 13.2 Å². The Labute approximate surface area is 98.6 Å². The molecule has 0 aromatic heterocycles. The topological polar surface area (TPSA) is 35.2 Å². The van der Waals surface area contributed by atoms with Crippen LogP contribution < -0.4 is 10.5 Å². The van der Waals surface area contributed by atoms with Crippen molar-refractivity contribution < 1.29 is 17.9 Å². The van der Waals surface area contributed by atoms with E-state index in [4.69, 9.17) is 5.73 Å². The van der Waals surface area contributed by atoms with Crippen LogP contribution in [0.25, 0.3) is 0 Å². The molecule has 0 radical (unpaired) electrons. The van der Waals surface area contributed by atoms with Gasteiger partial charge in [-0.2, -0.15) is 0 Å².